The van der Waals surface area contributed by atoms with Gasteiger partial charge in [-0.2, -0.15) is 13.2 Å². The van der Waals surface area contributed by atoms with Crippen molar-refractivity contribution in [1.82, 2.24) is 25.4 Å². The minimum absolute atomic E-state index is 0.0815. The van der Waals surface area contributed by atoms with Crippen molar-refractivity contribution < 1.29 is 13.2 Å². The van der Waals surface area contributed by atoms with E-state index in [0.717, 1.165) is 12.2 Å². The summed E-state index contributed by atoms with van der Waals surface area (Å²) in [6.45, 7) is 2.82. The van der Waals surface area contributed by atoms with Crippen LogP contribution in [0.1, 0.15) is 42.2 Å². The van der Waals surface area contributed by atoms with Crippen molar-refractivity contribution in [2.24, 2.45) is 18.0 Å². The molecule has 2 atom stereocenters. The zero-order valence-electron chi connectivity index (χ0n) is 16.7. The Balaban J connectivity index is 1.64. The van der Waals surface area contributed by atoms with Crippen molar-refractivity contribution in [3.63, 3.8) is 0 Å². The molecule has 0 saturated heterocycles. The summed E-state index contributed by atoms with van der Waals surface area (Å²) in [5, 5.41) is 16.6. The number of rotatable bonds is 6. The van der Waals surface area contributed by atoms with Gasteiger partial charge in [0, 0.05) is 24.5 Å². The minimum atomic E-state index is -4.14. The van der Waals surface area contributed by atoms with Crippen LogP contribution in [-0.2, 0) is 20.0 Å². The Labute approximate surface area is 172 Å². The van der Waals surface area contributed by atoms with Gasteiger partial charge in [0.15, 0.2) is 11.8 Å². The number of aryl methyl sites for hydroxylation is 1. The molecule has 6 nitrogen and oxygen atoms in total. The summed E-state index contributed by atoms with van der Waals surface area (Å²) >= 11 is 1.68. The lowest BCUT2D eigenvalue weighted by Crippen LogP contribution is -2.47. The maximum atomic E-state index is 13.1. The zero-order chi connectivity index (χ0) is 20.9. The molecular formula is C19H27F3N6S. The van der Waals surface area contributed by atoms with Gasteiger partial charge in [-0.25, -0.2) is 4.99 Å². The molecular weight excluding hydrogens is 401 g/mol. The van der Waals surface area contributed by atoms with E-state index >= 15 is 0 Å². The molecule has 160 valence electrons. The Morgan fingerprint density at radius 1 is 1.34 bits per heavy atom. The second kappa shape index (κ2) is 9.60. The molecule has 1 saturated carbocycles. The molecule has 0 radical (unpaired) electrons. The van der Waals surface area contributed by atoms with E-state index in [1.54, 1.807) is 11.3 Å². The van der Waals surface area contributed by atoms with Gasteiger partial charge in [-0.1, -0.05) is 12.5 Å². The first-order chi connectivity index (χ1) is 13.8. The predicted molar refractivity (Wildman–Crippen MR) is 108 cm³/mol. The Bertz CT molecular complexity index is 799. The summed E-state index contributed by atoms with van der Waals surface area (Å²) in [7, 11) is 1.87. The maximum absolute atomic E-state index is 13.1. The fraction of sp³-hybridized carbons (Fsp3) is 0.632. The Hall–Kier alpha value is -2.10. The first-order valence-electron chi connectivity index (χ1n) is 9.81. The smallest absolute Gasteiger partial charge is 0.356 e. The predicted octanol–water partition coefficient (Wildman–Crippen LogP) is 3.58. The fourth-order valence-corrected chi connectivity index (χ4v) is 4.17. The number of hydrogen-bond acceptors (Lipinski definition) is 4. The van der Waals surface area contributed by atoms with Gasteiger partial charge in [-0.15, -0.1) is 21.5 Å². The van der Waals surface area contributed by atoms with E-state index in [4.69, 9.17) is 0 Å². The lowest BCUT2D eigenvalue weighted by molar-refractivity contribution is -0.183. The number of nitrogens with one attached hydrogen (secondary N) is 2. The molecule has 29 heavy (non-hydrogen) atoms. The van der Waals surface area contributed by atoms with Crippen molar-refractivity contribution in [2.45, 2.75) is 57.8 Å². The molecule has 1 fully saturated rings. The number of nitrogens with zero attached hydrogens (tertiary/aromatic N) is 4. The average Bonchev–Trinajstić information content (AvgIpc) is 3.30. The van der Waals surface area contributed by atoms with Gasteiger partial charge in [0.2, 0.25) is 0 Å². The van der Waals surface area contributed by atoms with E-state index in [2.05, 4.69) is 31.9 Å². The summed E-state index contributed by atoms with van der Waals surface area (Å²) in [6, 6.07) is 3.82. The van der Waals surface area contributed by atoms with E-state index in [9.17, 15) is 13.2 Å². The normalized spacial score (nSPS) is 20.7. The second-order valence-electron chi connectivity index (χ2n) is 7.39. The lowest BCUT2D eigenvalue weighted by Gasteiger charge is -2.32. The molecule has 0 aliphatic heterocycles. The molecule has 2 aromatic rings. The highest BCUT2D eigenvalue weighted by molar-refractivity contribution is 7.09. The standard InChI is InChI=1S/C19H27F3N6S/c1-13-26-27-17(28(13)2)12-24-18(23-9-8-16-7-4-10-29-16)25-15-6-3-5-14(11-15)19(20,21)22/h4,7,10,14-15H,3,5-6,8-9,11-12H2,1-2H3,(H2,23,24,25). The molecule has 2 heterocycles. The molecule has 2 N–H and O–H groups in total. The van der Waals surface area contributed by atoms with Crippen LogP contribution in [-0.4, -0.2) is 39.5 Å². The monoisotopic (exact) mass is 428 g/mol. The number of aromatic nitrogens is 3. The number of guanidine groups is 1. The molecule has 2 unspecified atom stereocenters. The van der Waals surface area contributed by atoms with E-state index < -0.39 is 12.1 Å². The Morgan fingerprint density at radius 3 is 2.83 bits per heavy atom. The number of thiophene rings is 1. The Kier molecular flexibility index (Phi) is 7.15. The summed E-state index contributed by atoms with van der Waals surface area (Å²) in [5.74, 6) is 0.770. The van der Waals surface area contributed by atoms with Crippen molar-refractivity contribution >= 4 is 17.3 Å². The highest BCUT2D eigenvalue weighted by Gasteiger charge is 2.42. The molecule has 1 aliphatic rings. The van der Waals surface area contributed by atoms with Gasteiger partial charge in [-0.05, 0) is 44.1 Å². The van der Waals surface area contributed by atoms with E-state index in [0.29, 0.717) is 37.7 Å². The van der Waals surface area contributed by atoms with Gasteiger partial charge in [-0.3, -0.25) is 0 Å². The average molecular weight is 429 g/mol. The van der Waals surface area contributed by atoms with Crippen LogP contribution < -0.4 is 10.6 Å². The van der Waals surface area contributed by atoms with Gasteiger partial charge < -0.3 is 15.2 Å². The molecule has 0 aromatic carbocycles. The number of alkyl halides is 3. The van der Waals surface area contributed by atoms with Crippen LogP contribution in [0.5, 0.6) is 0 Å². The van der Waals surface area contributed by atoms with E-state index in [1.807, 2.05) is 30.0 Å². The third kappa shape index (κ3) is 6.19. The molecule has 3 rings (SSSR count). The molecule has 2 aromatic heterocycles. The lowest BCUT2D eigenvalue weighted by atomic mass is 9.85. The number of halogens is 3. The highest BCUT2D eigenvalue weighted by atomic mass is 32.1. The van der Waals surface area contributed by atoms with Gasteiger partial charge >= 0.3 is 6.18 Å². The van der Waals surface area contributed by atoms with Crippen LogP contribution in [0.4, 0.5) is 13.2 Å². The van der Waals surface area contributed by atoms with Crippen molar-refractivity contribution in [2.75, 3.05) is 6.54 Å². The summed E-state index contributed by atoms with van der Waals surface area (Å²) < 4.78 is 41.3. The number of aliphatic imine (C=N–C) groups is 1. The van der Waals surface area contributed by atoms with Crippen LogP contribution in [0.2, 0.25) is 0 Å². The van der Waals surface area contributed by atoms with Crippen LogP contribution in [0.3, 0.4) is 0 Å². The Morgan fingerprint density at radius 2 is 2.17 bits per heavy atom. The molecule has 0 amide bonds. The SMILES string of the molecule is Cc1nnc(CN=C(NCCc2cccs2)NC2CCCC(C(F)(F)F)C2)n1C. The summed E-state index contributed by atoms with van der Waals surface area (Å²) in [4.78, 5) is 5.81. The third-order valence-corrected chi connectivity index (χ3v) is 6.22. The van der Waals surface area contributed by atoms with E-state index in [-0.39, 0.29) is 18.9 Å². The largest absolute Gasteiger partial charge is 0.391 e. The number of hydrogen-bond donors (Lipinski definition) is 2. The highest BCUT2D eigenvalue weighted by Crippen LogP contribution is 2.37. The molecule has 1 aliphatic carbocycles. The van der Waals surface area contributed by atoms with E-state index in [1.165, 1.54) is 4.88 Å². The zero-order valence-corrected chi connectivity index (χ0v) is 17.5. The second-order valence-corrected chi connectivity index (χ2v) is 8.42. The molecule has 0 bridgehead atoms. The molecule has 0 spiro atoms. The van der Waals surface area contributed by atoms with Gasteiger partial charge in [0.25, 0.3) is 0 Å². The van der Waals surface area contributed by atoms with Crippen LogP contribution in [0.25, 0.3) is 0 Å². The minimum Gasteiger partial charge on any atom is -0.356 e. The summed E-state index contributed by atoms with van der Waals surface area (Å²) in [6.07, 6.45) is -1.75. The van der Waals surface area contributed by atoms with Crippen molar-refractivity contribution in [3.8, 4) is 0 Å². The van der Waals surface area contributed by atoms with Crippen LogP contribution >= 0.6 is 11.3 Å². The van der Waals surface area contributed by atoms with Gasteiger partial charge in [0.05, 0.1) is 5.92 Å². The fourth-order valence-electron chi connectivity index (χ4n) is 3.46. The molecule has 10 heteroatoms. The maximum Gasteiger partial charge on any atom is 0.391 e. The topological polar surface area (TPSA) is 67.1 Å². The van der Waals surface area contributed by atoms with Crippen LogP contribution in [0.15, 0.2) is 22.5 Å². The summed E-state index contributed by atoms with van der Waals surface area (Å²) in [5.41, 5.74) is 0. The first kappa shape index (κ1) is 21.6. The van der Waals surface area contributed by atoms with Crippen molar-refractivity contribution in [1.29, 1.82) is 0 Å². The quantitative estimate of drug-likeness (QED) is 0.545. The van der Waals surface area contributed by atoms with Crippen molar-refractivity contribution in [3.05, 3.63) is 34.0 Å². The van der Waals surface area contributed by atoms with Crippen LogP contribution in [0, 0.1) is 12.8 Å². The first-order valence-corrected chi connectivity index (χ1v) is 10.7. The third-order valence-electron chi connectivity index (χ3n) is 5.28. The van der Waals surface area contributed by atoms with Gasteiger partial charge in [0.1, 0.15) is 12.4 Å².